The van der Waals surface area contributed by atoms with Crippen LogP contribution < -0.4 is 5.32 Å². The third-order valence-electron chi connectivity index (χ3n) is 1.65. The Kier molecular flexibility index (Phi) is 2.64. The molecule has 0 spiro atoms. The Morgan fingerprint density at radius 1 is 1.54 bits per heavy atom. The minimum atomic E-state index is -0.298. The number of benzene rings is 1. The number of rotatable bonds is 2. The highest BCUT2D eigenvalue weighted by atomic mass is 16.3. The van der Waals surface area contributed by atoms with Crippen molar-refractivity contribution in [2.45, 2.75) is 0 Å². The highest BCUT2D eigenvalue weighted by Gasteiger charge is 2.06. The van der Waals surface area contributed by atoms with Gasteiger partial charge in [-0.25, -0.2) is 0 Å². The summed E-state index contributed by atoms with van der Waals surface area (Å²) in [5, 5.41) is 11.6. The summed E-state index contributed by atoms with van der Waals surface area (Å²) in [4.78, 5) is 21.4. The van der Waals surface area contributed by atoms with Gasteiger partial charge in [0.1, 0.15) is 5.75 Å². The number of carbonyl (C=O) groups is 2. The van der Waals surface area contributed by atoms with Crippen molar-refractivity contribution in [1.29, 1.82) is 0 Å². The van der Waals surface area contributed by atoms with E-state index in [1.54, 1.807) is 0 Å². The summed E-state index contributed by atoms with van der Waals surface area (Å²) >= 11 is 0. The second-order valence-corrected chi connectivity index (χ2v) is 2.47. The molecule has 0 heterocycles. The molecule has 4 heteroatoms. The van der Waals surface area contributed by atoms with Crippen molar-refractivity contribution in [2.75, 3.05) is 7.05 Å². The molecule has 2 N–H and O–H groups in total. The SMILES string of the molecule is CNC(=O)c1ccc(C=O)c(O)c1. The predicted octanol–water partition coefficient (Wildman–Crippen LogP) is 0.564. The zero-order valence-corrected chi connectivity index (χ0v) is 7.07. The maximum Gasteiger partial charge on any atom is 0.251 e. The van der Waals surface area contributed by atoms with Crippen LogP contribution in [-0.2, 0) is 0 Å². The summed E-state index contributed by atoms with van der Waals surface area (Å²) in [6.45, 7) is 0. The van der Waals surface area contributed by atoms with Crippen LogP contribution >= 0.6 is 0 Å². The van der Waals surface area contributed by atoms with Crippen LogP contribution in [0.2, 0.25) is 0 Å². The van der Waals surface area contributed by atoms with Crippen LogP contribution in [0.5, 0.6) is 5.75 Å². The van der Waals surface area contributed by atoms with Gasteiger partial charge in [-0.2, -0.15) is 0 Å². The summed E-state index contributed by atoms with van der Waals surface area (Å²) in [7, 11) is 1.49. The number of aromatic hydroxyl groups is 1. The molecular weight excluding hydrogens is 170 g/mol. The maximum atomic E-state index is 11.1. The van der Waals surface area contributed by atoms with Crippen LogP contribution in [0.15, 0.2) is 18.2 Å². The quantitative estimate of drug-likeness (QED) is 0.652. The first-order chi connectivity index (χ1) is 6.19. The molecular formula is C9H9NO3. The van der Waals surface area contributed by atoms with Crippen molar-refractivity contribution in [3.05, 3.63) is 29.3 Å². The largest absolute Gasteiger partial charge is 0.507 e. The molecule has 13 heavy (non-hydrogen) atoms. The zero-order chi connectivity index (χ0) is 9.84. The molecule has 0 bridgehead atoms. The molecule has 0 radical (unpaired) electrons. The Balaban J connectivity index is 3.09. The van der Waals surface area contributed by atoms with E-state index in [1.165, 1.54) is 25.2 Å². The average Bonchev–Trinajstić information content (AvgIpc) is 2.16. The van der Waals surface area contributed by atoms with E-state index in [9.17, 15) is 14.7 Å². The summed E-state index contributed by atoms with van der Waals surface area (Å²) in [6.07, 6.45) is 0.531. The molecule has 0 atom stereocenters. The Morgan fingerprint density at radius 3 is 2.69 bits per heavy atom. The summed E-state index contributed by atoms with van der Waals surface area (Å²) in [6, 6.07) is 4.12. The highest BCUT2D eigenvalue weighted by Crippen LogP contribution is 2.16. The number of phenolic OH excluding ortho intramolecular Hbond substituents is 1. The van der Waals surface area contributed by atoms with Crippen molar-refractivity contribution in [3.63, 3.8) is 0 Å². The van der Waals surface area contributed by atoms with Crippen LogP contribution in [0.3, 0.4) is 0 Å². The van der Waals surface area contributed by atoms with Gasteiger partial charge in [0.25, 0.3) is 5.91 Å². The van der Waals surface area contributed by atoms with E-state index in [2.05, 4.69) is 5.32 Å². The van der Waals surface area contributed by atoms with E-state index in [4.69, 9.17) is 0 Å². The van der Waals surface area contributed by atoms with Crippen molar-refractivity contribution >= 4 is 12.2 Å². The van der Waals surface area contributed by atoms with Crippen LogP contribution in [0, 0.1) is 0 Å². The smallest absolute Gasteiger partial charge is 0.251 e. The molecule has 4 nitrogen and oxygen atoms in total. The van der Waals surface area contributed by atoms with Crippen LogP contribution in [0.25, 0.3) is 0 Å². The minimum Gasteiger partial charge on any atom is -0.507 e. The van der Waals surface area contributed by atoms with Gasteiger partial charge in [-0.3, -0.25) is 9.59 Å². The summed E-state index contributed by atoms with van der Waals surface area (Å²) in [5.41, 5.74) is 0.498. The molecule has 0 fully saturated rings. The van der Waals surface area contributed by atoms with Crippen LogP contribution in [0.1, 0.15) is 20.7 Å². The molecule has 0 saturated carbocycles. The van der Waals surface area contributed by atoms with Gasteiger partial charge in [-0.05, 0) is 18.2 Å². The Morgan fingerprint density at radius 2 is 2.23 bits per heavy atom. The van der Waals surface area contributed by atoms with Crippen molar-refractivity contribution in [3.8, 4) is 5.75 Å². The minimum absolute atomic E-state index is 0.174. The van der Waals surface area contributed by atoms with E-state index >= 15 is 0 Å². The molecule has 0 aromatic heterocycles. The van der Waals surface area contributed by atoms with Gasteiger partial charge in [-0.1, -0.05) is 0 Å². The Labute approximate surface area is 75.2 Å². The van der Waals surface area contributed by atoms with Gasteiger partial charge in [0.2, 0.25) is 0 Å². The predicted molar refractivity (Wildman–Crippen MR) is 46.9 cm³/mol. The van der Waals surface area contributed by atoms with Gasteiger partial charge in [0.15, 0.2) is 6.29 Å². The third kappa shape index (κ3) is 1.84. The summed E-state index contributed by atoms with van der Waals surface area (Å²) < 4.78 is 0. The van der Waals surface area contributed by atoms with Gasteiger partial charge in [-0.15, -0.1) is 0 Å². The van der Waals surface area contributed by atoms with Gasteiger partial charge in [0.05, 0.1) is 5.56 Å². The van der Waals surface area contributed by atoms with Crippen molar-refractivity contribution in [2.24, 2.45) is 0 Å². The topological polar surface area (TPSA) is 66.4 Å². The zero-order valence-electron chi connectivity index (χ0n) is 7.07. The van der Waals surface area contributed by atoms with Crippen LogP contribution in [-0.4, -0.2) is 24.3 Å². The number of amides is 1. The summed E-state index contributed by atoms with van der Waals surface area (Å²) in [5.74, 6) is -0.483. The van der Waals surface area contributed by atoms with Crippen molar-refractivity contribution < 1.29 is 14.7 Å². The standard InChI is InChI=1S/C9H9NO3/c1-10-9(13)6-2-3-7(5-11)8(12)4-6/h2-5,12H,1H3,(H,10,13). The Hall–Kier alpha value is -1.84. The molecule has 0 unspecified atom stereocenters. The number of carbonyl (C=O) groups excluding carboxylic acids is 2. The lowest BCUT2D eigenvalue weighted by Gasteiger charge is -2.01. The molecule has 68 valence electrons. The van der Waals surface area contributed by atoms with E-state index in [1.807, 2.05) is 0 Å². The maximum absolute atomic E-state index is 11.1. The first kappa shape index (κ1) is 9.25. The van der Waals surface area contributed by atoms with Gasteiger partial charge >= 0.3 is 0 Å². The van der Waals surface area contributed by atoms with Gasteiger partial charge in [0, 0.05) is 12.6 Å². The molecule has 1 amide bonds. The second kappa shape index (κ2) is 3.71. The number of hydrogen-bond acceptors (Lipinski definition) is 3. The molecule has 0 saturated heterocycles. The van der Waals surface area contributed by atoms with Gasteiger partial charge < -0.3 is 10.4 Å². The number of phenols is 1. The highest BCUT2D eigenvalue weighted by molar-refractivity contribution is 5.95. The van der Waals surface area contributed by atoms with E-state index in [-0.39, 0.29) is 17.2 Å². The van der Waals surface area contributed by atoms with Crippen molar-refractivity contribution in [1.82, 2.24) is 5.32 Å². The molecule has 0 aliphatic rings. The normalized spacial score (nSPS) is 9.31. The second-order valence-electron chi connectivity index (χ2n) is 2.47. The molecule has 1 aromatic rings. The van der Waals surface area contributed by atoms with E-state index in [0.717, 1.165) is 0 Å². The molecule has 1 rings (SSSR count). The van der Waals surface area contributed by atoms with E-state index in [0.29, 0.717) is 11.8 Å². The Bertz CT molecular complexity index is 347. The lowest BCUT2D eigenvalue weighted by atomic mass is 10.1. The first-order valence-electron chi connectivity index (χ1n) is 3.69. The molecule has 0 aliphatic carbocycles. The third-order valence-corrected chi connectivity index (χ3v) is 1.65. The fourth-order valence-electron chi connectivity index (χ4n) is 0.929. The number of aldehydes is 1. The van der Waals surface area contributed by atoms with E-state index < -0.39 is 0 Å². The fourth-order valence-corrected chi connectivity index (χ4v) is 0.929. The first-order valence-corrected chi connectivity index (χ1v) is 3.69. The lowest BCUT2D eigenvalue weighted by Crippen LogP contribution is -2.17. The fraction of sp³-hybridized carbons (Fsp3) is 0.111. The number of hydrogen-bond donors (Lipinski definition) is 2. The van der Waals surface area contributed by atoms with Crippen LogP contribution in [0.4, 0.5) is 0 Å². The monoisotopic (exact) mass is 179 g/mol. The molecule has 1 aromatic carbocycles. The lowest BCUT2D eigenvalue weighted by molar-refractivity contribution is 0.0962. The molecule has 0 aliphatic heterocycles. The average molecular weight is 179 g/mol. The number of nitrogens with one attached hydrogen (secondary N) is 1.